The van der Waals surface area contributed by atoms with Crippen LogP contribution in [0.25, 0.3) is 0 Å². The molecule has 2 unspecified atom stereocenters. The van der Waals surface area contributed by atoms with Gasteiger partial charge in [0.25, 0.3) is 5.91 Å². The minimum absolute atomic E-state index is 0.0495. The second-order valence-corrected chi connectivity index (χ2v) is 12.3. The summed E-state index contributed by atoms with van der Waals surface area (Å²) in [5.74, 6) is 0.0000149. The van der Waals surface area contributed by atoms with E-state index >= 15 is 0 Å². The Morgan fingerprint density at radius 1 is 1.02 bits per heavy atom. The van der Waals surface area contributed by atoms with Gasteiger partial charge < -0.3 is 19.7 Å². The van der Waals surface area contributed by atoms with Crippen molar-refractivity contribution in [2.75, 3.05) is 38.2 Å². The number of benzene rings is 3. The SMILES string of the molecule is COc1ccc(S(=O)(=O)N2CCCC(C(=O)N3CC(C(=O)NCCc4ccccc4)Oc4ccccc43)C2)cc1C. The number of methoxy groups -OCH3 is 1. The smallest absolute Gasteiger partial charge is 0.262 e. The lowest BCUT2D eigenvalue weighted by atomic mass is 9.97. The van der Waals surface area contributed by atoms with Crippen molar-refractivity contribution >= 4 is 27.5 Å². The predicted octanol–water partition coefficient (Wildman–Crippen LogP) is 3.56. The maximum atomic E-state index is 13.9. The molecule has 3 aromatic carbocycles. The van der Waals surface area contributed by atoms with Crippen LogP contribution in [0.4, 0.5) is 5.69 Å². The van der Waals surface area contributed by atoms with Gasteiger partial charge in [-0.25, -0.2) is 8.42 Å². The van der Waals surface area contributed by atoms with Gasteiger partial charge in [-0.1, -0.05) is 42.5 Å². The van der Waals surface area contributed by atoms with Crippen molar-refractivity contribution in [2.24, 2.45) is 5.92 Å². The molecule has 2 atom stereocenters. The summed E-state index contributed by atoms with van der Waals surface area (Å²) in [6.45, 7) is 2.69. The molecule has 1 saturated heterocycles. The number of sulfonamides is 1. The maximum absolute atomic E-state index is 13.9. The van der Waals surface area contributed by atoms with Gasteiger partial charge in [0.1, 0.15) is 11.5 Å². The highest BCUT2D eigenvalue weighted by Gasteiger charge is 2.39. The molecule has 2 aliphatic heterocycles. The van der Waals surface area contributed by atoms with Crippen LogP contribution in [0.3, 0.4) is 0 Å². The third-order valence-electron chi connectivity index (χ3n) is 7.63. The Kier molecular flexibility index (Phi) is 8.60. The quantitative estimate of drug-likeness (QED) is 0.439. The molecule has 0 aliphatic carbocycles. The van der Waals surface area contributed by atoms with Gasteiger partial charge in [0.15, 0.2) is 6.10 Å². The van der Waals surface area contributed by atoms with Gasteiger partial charge in [-0.2, -0.15) is 4.31 Å². The average Bonchev–Trinajstić information content (AvgIpc) is 3.00. The van der Waals surface area contributed by atoms with Crippen LogP contribution >= 0.6 is 0 Å². The summed E-state index contributed by atoms with van der Waals surface area (Å²) in [7, 11) is -2.26. The van der Waals surface area contributed by atoms with E-state index in [0.717, 1.165) is 11.1 Å². The molecular weight excluding hydrogens is 542 g/mol. The van der Waals surface area contributed by atoms with Crippen molar-refractivity contribution in [2.45, 2.75) is 37.2 Å². The average molecular weight is 578 g/mol. The minimum Gasteiger partial charge on any atom is -0.496 e. The summed E-state index contributed by atoms with van der Waals surface area (Å²) in [6.07, 6.45) is 0.911. The van der Waals surface area contributed by atoms with Gasteiger partial charge >= 0.3 is 0 Å². The van der Waals surface area contributed by atoms with Crippen molar-refractivity contribution in [3.63, 3.8) is 0 Å². The second-order valence-electron chi connectivity index (χ2n) is 10.4. The topological polar surface area (TPSA) is 105 Å². The van der Waals surface area contributed by atoms with E-state index in [4.69, 9.17) is 9.47 Å². The van der Waals surface area contributed by atoms with E-state index in [-0.39, 0.29) is 29.8 Å². The van der Waals surface area contributed by atoms with Crippen LogP contribution < -0.4 is 19.7 Å². The molecule has 41 heavy (non-hydrogen) atoms. The molecule has 2 heterocycles. The first-order chi connectivity index (χ1) is 19.8. The highest BCUT2D eigenvalue weighted by Crippen LogP contribution is 2.36. The monoisotopic (exact) mass is 577 g/mol. The summed E-state index contributed by atoms with van der Waals surface area (Å²) in [6, 6.07) is 21.8. The Balaban J connectivity index is 1.30. The van der Waals surface area contributed by atoms with Gasteiger partial charge in [-0.3, -0.25) is 9.59 Å². The molecule has 2 amide bonds. The lowest BCUT2D eigenvalue weighted by molar-refractivity contribution is -0.129. The van der Waals surface area contributed by atoms with E-state index in [1.54, 1.807) is 49.3 Å². The van der Waals surface area contributed by atoms with Crippen molar-refractivity contribution in [3.8, 4) is 11.5 Å². The summed E-state index contributed by atoms with van der Waals surface area (Å²) in [4.78, 5) is 28.8. The Morgan fingerprint density at radius 3 is 2.54 bits per heavy atom. The number of hydrogen-bond acceptors (Lipinski definition) is 6. The molecule has 0 spiro atoms. The van der Waals surface area contributed by atoms with Crippen LogP contribution in [0.5, 0.6) is 11.5 Å². The molecule has 2 aliphatic rings. The Labute approximate surface area is 241 Å². The van der Waals surface area contributed by atoms with E-state index in [0.29, 0.717) is 49.5 Å². The molecule has 0 bridgehead atoms. The molecule has 5 rings (SSSR count). The van der Waals surface area contributed by atoms with Gasteiger partial charge in [-0.05, 0) is 67.6 Å². The summed E-state index contributed by atoms with van der Waals surface area (Å²) in [5, 5.41) is 2.93. The van der Waals surface area contributed by atoms with Crippen LogP contribution in [0.2, 0.25) is 0 Å². The number of para-hydroxylation sites is 2. The number of amides is 2. The minimum atomic E-state index is -3.81. The number of rotatable bonds is 8. The molecule has 3 aromatic rings. The molecule has 1 fully saturated rings. The largest absolute Gasteiger partial charge is 0.496 e. The fraction of sp³-hybridized carbons (Fsp3) is 0.355. The number of piperidine rings is 1. The number of hydrogen-bond donors (Lipinski definition) is 1. The van der Waals surface area contributed by atoms with E-state index < -0.39 is 22.0 Å². The Hall–Kier alpha value is -3.89. The predicted molar refractivity (Wildman–Crippen MR) is 156 cm³/mol. The van der Waals surface area contributed by atoms with Crippen molar-refractivity contribution in [1.29, 1.82) is 0 Å². The number of aryl methyl sites for hydroxylation is 1. The lowest BCUT2D eigenvalue weighted by Crippen LogP contribution is -2.54. The number of nitrogens with one attached hydrogen (secondary N) is 1. The maximum Gasteiger partial charge on any atom is 0.262 e. The van der Waals surface area contributed by atoms with E-state index in [1.807, 2.05) is 36.4 Å². The zero-order valence-electron chi connectivity index (χ0n) is 23.3. The third-order valence-corrected chi connectivity index (χ3v) is 9.49. The zero-order chi connectivity index (χ0) is 29.0. The van der Waals surface area contributed by atoms with E-state index in [1.165, 1.54) is 10.4 Å². The highest BCUT2D eigenvalue weighted by molar-refractivity contribution is 7.89. The van der Waals surface area contributed by atoms with Gasteiger partial charge in [0.2, 0.25) is 15.9 Å². The number of carbonyl (C=O) groups is 2. The van der Waals surface area contributed by atoms with Gasteiger partial charge in [0.05, 0.1) is 30.2 Å². The fourth-order valence-corrected chi connectivity index (χ4v) is 7.02. The Morgan fingerprint density at radius 2 is 1.78 bits per heavy atom. The lowest BCUT2D eigenvalue weighted by Gasteiger charge is -2.38. The second kappa shape index (κ2) is 12.3. The van der Waals surface area contributed by atoms with Crippen molar-refractivity contribution in [3.05, 3.63) is 83.9 Å². The first-order valence-electron chi connectivity index (χ1n) is 13.8. The molecule has 0 saturated carbocycles. The van der Waals surface area contributed by atoms with E-state index in [2.05, 4.69) is 5.32 Å². The standard InChI is InChI=1S/C31H35N3O6S/c1-22-19-25(14-15-27(22)39-2)41(37,38)33-18-8-11-24(20-33)31(36)34-21-29(40-28-13-7-6-12-26(28)34)30(35)32-17-16-23-9-4-3-5-10-23/h3-7,9-10,12-15,19,24,29H,8,11,16-18,20-21H2,1-2H3,(H,32,35). The van der Waals surface area contributed by atoms with Crippen LogP contribution in [0.1, 0.15) is 24.0 Å². The number of fused-ring (bicyclic) bond motifs is 1. The zero-order valence-corrected chi connectivity index (χ0v) is 24.1. The van der Waals surface area contributed by atoms with Gasteiger partial charge in [0, 0.05) is 19.6 Å². The molecule has 1 N–H and O–H groups in total. The van der Waals surface area contributed by atoms with Crippen LogP contribution in [0, 0.1) is 12.8 Å². The molecule has 0 aromatic heterocycles. The molecule has 10 heteroatoms. The summed E-state index contributed by atoms with van der Waals surface area (Å²) < 4.78 is 39.7. The van der Waals surface area contributed by atoms with E-state index in [9.17, 15) is 18.0 Å². The van der Waals surface area contributed by atoms with Crippen molar-refractivity contribution < 1.29 is 27.5 Å². The number of ether oxygens (including phenoxy) is 2. The normalized spacial score (nSPS) is 19.1. The van der Waals surface area contributed by atoms with Gasteiger partial charge in [-0.15, -0.1) is 0 Å². The molecule has 0 radical (unpaired) electrons. The van der Waals surface area contributed by atoms with Crippen molar-refractivity contribution in [1.82, 2.24) is 9.62 Å². The first-order valence-corrected chi connectivity index (χ1v) is 15.3. The molecular formula is C31H35N3O6S. The molecule has 216 valence electrons. The number of carbonyl (C=O) groups excluding carboxylic acids is 2. The number of nitrogens with zero attached hydrogens (tertiary/aromatic N) is 2. The first kappa shape index (κ1) is 28.6. The van der Waals surface area contributed by atoms with Crippen LogP contribution in [-0.2, 0) is 26.0 Å². The highest BCUT2D eigenvalue weighted by atomic mass is 32.2. The summed E-state index contributed by atoms with van der Waals surface area (Å²) in [5.41, 5.74) is 2.41. The number of anilines is 1. The Bertz CT molecular complexity index is 1510. The molecule has 9 nitrogen and oxygen atoms in total. The fourth-order valence-electron chi connectivity index (χ4n) is 5.41. The van der Waals surface area contributed by atoms with Crippen LogP contribution in [0.15, 0.2) is 77.7 Å². The summed E-state index contributed by atoms with van der Waals surface area (Å²) >= 11 is 0. The third kappa shape index (κ3) is 6.23. The van der Waals surface area contributed by atoms with Crippen LogP contribution in [-0.4, -0.2) is 63.9 Å².